The van der Waals surface area contributed by atoms with Gasteiger partial charge in [-0.25, -0.2) is 4.98 Å². The molecule has 1 aliphatic heterocycles. The molecule has 2 heterocycles. The molecule has 1 aromatic heterocycles. The molecule has 1 N–H and O–H groups in total. The number of rotatable bonds is 6. The molecule has 0 saturated carbocycles. The van der Waals surface area contributed by atoms with E-state index in [1.807, 2.05) is 6.20 Å². The molecule has 1 fully saturated rings. The van der Waals surface area contributed by atoms with Gasteiger partial charge in [-0.2, -0.15) is 0 Å². The van der Waals surface area contributed by atoms with Crippen molar-refractivity contribution in [3.05, 3.63) is 23.9 Å². The number of pyridine rings is 1. The zero-order chi connectivity index (χ0) is 15.1. The van der Waals surface area contributed by atoms with E-state index in [0.29, 0.717) is 12.1 Å². The van der Waals surface area contributed by atoms with Crippen molar-refractivity contribution in [1.29, 1.82) is 0 Å². The molecule has 1 aliphatic rings. The topological polar surface area (TPSA) is 28.2 Å². The monoisotopic (exact) mass is 289 g/mol. The zero-order valence-corrected chi connectivity index (χ0v) is 13.9. The average Bonchev–Trinajstić information content (AvgIpc) is 2.77. The minimum atomic E-state index is 0.370. The van der Waals surface area contributed by atoms with E-state index in [2.05, 4.69) is 43.1 Å². The average molecular weight is 289 g/mol. The summed E-state index contributed by atoms with van der Waals surface area (Å²) in [5.41, 5.74) is 1.35. The lowest BCUT2D eigenvalue weighted by Gasteiger charge is -2.33. The molecule has 2 rings (SSSR count). The van der Waals surface area contributed by atoms with E-state index in [1.54, 1.807) is 0 Å². The van der Waals surface area contributed by atoms with Crippen LogP contribution in [-0.2, 0) is 0 Å². The SMILES string of the molecule is CCCNC(C)c1cccnc1N1CCCCCC1CC. The predicted molar refractivity (Wildman–Crippen MR) is 90.8 cm³/mol. The zero-order valence-electron chi connectivity index (χ0n) is 13.9. The molecule has 0 aliphatic carbocycles. The van der Waals surface area contributed by atoms with E-state index < -0.39 is 0 Å². The Kier molecular flexibility index (Phi) is 6.50. The molecule has 0 aromatic carbocycles. The van der Waals surface area contributed by atoms with Crippen molar-refractivity contribution < 1.29 is 0 Å². The third-order valence-electron chi connectivity index (χ3n) is 4.60. The summed E-state index contributed by atoms with van der Waals surface area (Å²) < 4.78 is 0. The van der Waals surface area contributed by atoms with Gasteiger partial charge in [-0.1, -0.05) is 32.8 Å². The lowest BCUT2D eigenvalue weighted by Crippen LogP contribution is -2.36. The second-order valence-electron chi connectivity index (χ2n) is 6.20. The Morgan fingerprint density at radius 2 is 2.19 bits per heavy atom. The van der Waals surface area contributed by atoms with Crippen molar-refractivity contribution in [2.24, 2.45) is 0 Å². The Morgan fingerprint density at radius 3 is 2.95 bits per heavy atom. The van der Waals surface area contributed by atoms with Crippen molar-refractivity contribution in [2.45, 2.75) is 71.4 Å². The highest BCUT2D eigenvalue weighted by Crippen LogP contribution is 2.30. The first-order chi connectivity index (χ1) is 10.3. The van der Waals surface area contributed by atoms with Gasteiger partial charge >= 0.3 is 0 Å². The van der Waals surface area contributed by atoms with E-state index >= 15 is 0 Å². The van der Waals surface area contributed by atoms with Crippen LogP contribution in [0.5, 0.6) is 0 Å². The van der Waals surface area contributed by atoms with Gasteiger partial charge in [0.15, 0.2) is 0 Å². The summed E-state index contributed by atoms with van der Waals surface area (Å²) in [6.07, 6.45) is 9.66. The third kappa shape index (κ3) is 4.19. The highest BCUT2D eigenvalue weighted by Gasteiger charge is 2.24. The van der Waals surface area contributed by atoms with Crippen LogP contribution < -0.4 is 10.2 Å². The molecule has 1 saturated heterocycles. The fourth-order valence-corrected chi connectivity index (χ4v) is 3.34. The minimum absolute atomic E-state index is 0.370. The number of aromatic nitrogens is 1. The van der Waals surface area contributed by atoms with Gasteiger partial charge in [0.1, 0.15) is 5.82 Å². The molecule has 2 unspecified atom stereocenters. The highest BCUT2D eigenvalue weighted by atomic mass is 15.2. The van der Waals surface area contributed by atoms with Crippen LogP contribution >= 0.6 is 0 Å². The van der Waals surface area contributed by atoms with Crippen molar-refractivity contribution in [1.82, 2.24) is 10.3 Å². The van der Waals surface area contributed by atoms with E-state index in [0.717, 1.165) is 13.1 Å². The minimum Gasteiger partial charge on any atom is -0.353 e. The van der Waals surface area contributed by atoms with Gasteiger partial charge in [0.05, 0.1) is 0 Å². The Morgan fingerprint density at radius 1 is 1.33 bits per heavy atom. The van der Waals surface area contributed by atoms with Gasteiger partial charge in [-0.15, -0.1) is 0 Å². The smallest absolute Gasteiger partial charge is 0.133 e. The predicted octanol–water partition coefficient (Wildman–Crippen LogP) is 4.30. The van der Waals surface area contributed by atoms with Gasteiger partial charge in [-0.3, -0.25) is 0 Å². The Balaban J connectivity index is 2.24. The molecular formula is C18H31N3. The molecule has 2 atom stereocenters. The van der Waals surface area contributed by atoms with Crippen LogP contribution in [0, 0.1) is 0 Å². The number of anilines is 1. The van der Waals surface area contributed by atoms with Crippen molar-refractivity contribution in [3.8, 4) is 0 Å². The van der Waals surface area contributed by atoms with Gasteiger partial charge in [-0.05, 0) is 45.2 Å². The van der Waals surface area contributed by atoms with Crippen LogP contribution in [0.25, 0.3) is 0 Å². The molecular weight excluding hydrogens is 258 g/mol. The van der Waals surface area contributed by atoms with Crippen molar-refractivity contribution in [3.63, 3.8) is 0 Å². The molecule has 3 nitrogen and oxygen atoms in total. The number of hydrogen-bond donors (Lipinski definition) is 1. The van der Waals surface area contributed by atoms with Crippen LogP contribution in [0.15, 0.2) is 18.3 Å². The second kappa shape index (κ2) is 8.38. The first kappa shape index (κ1) is 16.3. The van der Waals surface area contributed by atoms with Gasteiger partial charge in [0.25, 0.3) is 0 Å². The molecule has 0 spiro atoms. The first-order valence-corrected chi connectivity index (χ1v) is 8.72. The summed E-state index contributed by atoms with van der Waals surface area (Å²) in [7, 11) is 0. The van der Waals surface area contributed by atoms with Gasteiger partial charge in [0, 0.05) is 30.4 Å². The van der Waals surface area contributed by atoms with Crippen molar-refractivity contribution in [2.75, 3.05) is 18.0 Å². The van der Waals surface area contributed by atoms with Crippen LogP contribution in [0.4, 0.5) is 5.82 Å². The van der Waals surface area contributed by atoms with E-state index in [-0.39, 0.29) is 0 Å². The summed E-state index contributed by atoms with van der Waals surface area (Å²) >= 11 is 0. The maximum Gasteiger partial charge on any atom is 0.133 e. The molecule has 0 radical (unpaired) electrons. The van der Waals surface area contributed by atoms with E-state index in [9.17, 15) is 0 Å². The molecule has 0 bridgehead atoms. The van der Waals surface area contributed by atoms with Gasteiger partial charge in [0.2, 0.25) is 0 Å². The maximum atomic E-state index is 4.76. The largest absolute Gasteiger partial charge is 0.353 e. The second-order valence-corrected chi connectivity index (χ2v) is 6.20. The van der Waals surface area contributed by atoms with Gasteiger partial charge < -0.3 is 10.2 Å². The molecule has 118 valence electrons. The van der Waals surface area contributed by atoms with Crippen molar-refractivity contribution >= 4 is 5.82 Å². The van der Waals surface area contributed by atoms with E-state index in [1.165, 1.54) is 49.9 Å². The Labute approximate surface area is 130 Å². The van der Waals surface area contributed by atoms with Crippen LogP contribution in [0.1, 0.15) is 70.9 Å². The number of nitrogens with zero attached hydrogens (tertiary/aromatic N) is 2. The molecule has 0 amide bonds. The Hall–Kier alpha value is -1.09. The summed E-state index contributed by atoms with van der Waals surface area (Å²) in [6.45, 7) is 9.00. The fraction of sp³-hybridized carbons (Fsp3) is 0.722. The van der Waals surface area contributed by atoms with Crippen LogP contribution in [0.3, 0.4) is 0 Å². The molecule has 3 heteroatoms. The molecule has 1 aromatic rings. The van der Waals surface area contributed by atoms with Crippen LogP contribution in [-0.4, -0.2) is 24.1 Å². The fourth-order valence-electron chi connectivity index (χ4n) is 3.34. The normalized spacial score (nSPS) is 21.1. The summed E-state index contributed by atoms with van der Waals surface area (Å²) in [6, 6.07) is 5.34. The first-order valence-electron chi connectivity index (χ1n) is 8.72. The highest BCUT2D eigenvalue weighted by molar-refractivity contribution is 5.49. The third-order valence-corrected chi connectivity index (χ3v) is 4.60. The Bertz CT molecular complexity index is 419. The van der Waals surface area contributed by atoms with E-state index in [4.69, 9.17) is 4.98 Å². The lowest BCUT2D eigenvalue weighted by atomic mass is 10.0. The summed E-state index contributed by atoms with van der Waals surface area (Å²) in [4.78, 5) is 7.33. The maximum absolute atomic E-state index is 4.76. The quantitative estimate of drug-likeness (QED) is 0.846. The number of nitrogens with one attached hydrogen (secondary N) is 1. The summed E-state index contributed by atoms with van der Waals surface area (Å²) in [5, 5.41) is 3.61. The number of hydrogen-bond acceptors (Lipinski definition) is 3. The lowest BCUT2D eigenvalue weighted by molar-refractivity contribution is 0.536. The molecule has 21 heavy (non-hydrogen) atoms. The standard InChI is InChI=1S/C18H31N3/c1-4-12-19-15(3)17-11-9-13-20-18(17)21-14-8-6-7-10-16(21)5-2/h9,11,13,15-16,19H,4-8,10,12,14H2,1-3H3. The summed E-state index contributed by atoms with van der Waals surface area (Å²) in [5.74, 6) is 1.21. The van der Waals surface area contributed by atoms with Crippen LogP contribution in [0.2, 0.25) is 0 Å².